The SMILES string of the molecule is COc1cc2c(cc1OC)C(COc1ccc([N+](=O)[O-])cc1)N(C(=O)C=Cc1ccccc1)CC2. The van der Waals surface area contributed by atoms with E-state index in [-0.39, 0.29) is 24.2 Å². The second-order valence-corrected chi connectivity index (χ2v) is 8.01. The van der Waals surface area contributed by atoms with Crippen LogP contribution in [0.4, 0.5) is 5.69 Å². The van der Waals surface area contributed by atoms with E-state index in [0.717, 1.165) is 16.7 Å². The molecule has 35 heavy (non-hydrogen) atoms. The first-order valence-corrected chi connectivity index (χ1v) is 11.2. The molecule has 3 aromatic carbocycles. The predicted molar refractivity (Wildman–Crippen MR) is 132 cm³/mol. The fourth-order valence-corrected chi connectivity index (χ4v) is 4.14. The molecular weight excluding hydrogens is 448 g/mol. The number of ether oxygens (including phenoxy) is 3. The highest BCUT2D eigenvalue weighted by Gasteiger charge is 2.32. The average Bonchev–Trinajstić information content (AvgIpc) is 2.90. The van der Waals surface area contributed by atoms with Crippen molar-refractivity contribution in [3.05, 3.63) is 99.6 Å². The van der Waals surface area contributed by atoms with Gasteiger partial charge in [0.05, 0.1) is 25.2 Å². The molecule has 180 valence electrons. The van der Waals surface area contributed by atoms with Gasteiger partial charge in [-0.05, 0) is 53.5 Å². The summed E-state index contributed by atoms with van der Waals surface area (Å²) in [5, 5.41) is 10.9. The highest BCUT2D eigenvalue weighted by Crippen LogP contribution is 2.38. The molecule has 0 spiro atoms. The number of benzene rings is 3. The molecule has 0 N–H and O–H groups in total. The number of carbonyl (C=O) groups excluding carboxylic acids is 1. The average molecular weight is 475 g/mol. The van der Waals surface area contributed by atoms with Crippen molar-refractivity contribution < 1.29 is 23.9 Å². The Morgan fingerprint density at radius 1 is 1.06 bits per heavy atom. The van der Waals surface area contributed by atoms with Gasteiger partial charge in [-0.3, -0.25) is 14.9 Å². The molecule has 0 fully saturated rings. The van der Waals surface area contributed by atoms with Crippen LogP contribution in [0.2, 0.25) is 0 Å². The van der Waals surface area contributed by atoms with Crippen molar-refractivity contribution in [1.29, 1.82) is 0 Å². The Morgan fingerprint density at radius 3 is 2.40 bits per heavy atom. The van der Waals surface area contributed by atoms with Crippen LogP contribution in [0.15, 0.2) is 72.8 Å². The molecular formula is C27H26N2O6. The summed E-state index contributed by atoms with van der Waals surface area (Å²) in [6.07, 6.45) is 4.02. The maximum absolute atomic E-state index is 13.3. The highest BCUT2D eigenvalue weighted by molar-refractivity contribution is 5.92. The Labute approximate surface area is 203 Å². The highest BCUT2D eigenvalue weighted by atomic mass is 16.6. The lowest BCUT2D eigenvalue weighted by Gasteiger charge is -2.37. The number of hydrogen-bond acceptors (Lipinski definition) is 6. The number of nitro groups is 1. The van der Waals surface area contributed by atoms with E-state index in [1.54, 1.807) is 43.4 Å². The lowest BCUT2D eigenvalue weighted by atomic mass is 9.92. The van der Waals surface area contributed by atoms with Crippen LogP contribution in [0.1, 0.15) is 22.7 Å². The first-order valence-electron chi connectivity index (χ1n) is 11.2. The summed E-state index contributed by atoms with van der Waals surface area (Å²) >= 11 is 0. The zero-order valence-electron chi connectivity index (χ0n) is 19.5. The molecule has 8 heteroatoms. The minimum atomic E-state index is -0.458. The van der Waals surface area contributed by atoms with Crippen LogP contribution >= 0.6 is 0 Å². The lowest BCUT2D eigenvalue weighted by Crippen LogP contribution is -2.41. The number of fused-ring (bicyclic) bond motifs is 1. The van der Waals surface area contributed by atoms with Crippen LogP contribution < -0.4 is 14.2 Å². The molecule has 1 unspecified atom stereocenters. The Kier molecular flexibility index (Phi) is 7.30. The summed E-state index contributed by atoms with van der Waals surface area (Å²) in [7, 11) is 3.16. The first kappa shape index (κ1) is 23.8. The van der Waals surface area contributed by atoms with Gasteiger partial charge in [0, 0.05) is 24.8 Å². The van der Waals surface area contributed by atoms with Crippen molar-refractivity contribution in [2.24, 2.45) is 0 Å². The maximum Gasteiger partial charge on any atom is 0.269 e. The van der Waals surface area contributed by atoms with E-state index in [1.165, 1.54) is 12.1 Å². The van der Waals surface area contributed by atoms with Crippen LogP contribution in [0.3, 0.4) is 0 Å². The molecule has 0 aromatic heterocycles. The van der Waals surface area contributed by atoms with Crippen molar-refractivity contribution >= 4 is 17.7 Å². The van der Waals surface area contributed by atoms with Gasteiger partial charge in [-0.1, -0.05) is 30.3 Å². The number of methoxy groups -OCH3 is 2. The van der Waals surface area contributed by atoms with Crippen molar-refractivity contribution in [2.45, 2.75) is 12.5 Å². The molecule has 1 heterocycles. The van der Waals surface area contributed by atoms with Crippen molar-refractivity contribution in [2.75, 3.05) is 27.4 Å². The second kappa shape index (κ2) is 10.7. The Hall–Kier alpha value is -4.33. The van der Waals surface area contributed by atoms with Gasteiger partial charge >= 0.3 is 0 Å². The standard InChI is InChI=1S/C27H26N2O6/c1-33-25-16-20-14-15-28(27(30)13-8-19-6-4-3-5-7-19)24(23(20)17-26(25)34-2)18-35-22-11-9-21(10-12-22)29(31)32/h3-13,16-17,24H,14-15,18H2,1-2H3. The van der Waals surface area contributed by atoms with E-state index in [4.69, 9.17) is 14.2 Å². The summed E-state index contributed by atoms with van der Waals surface area (Å²) < 4.78 is 17.0. The van der Waals surface area contributed by atoms with Crippen LogP contribution in [-0.4, -0.2) is 43.1 Å². The van der Waals surface area contributed by atoms with Gasteiger partial charge in [-0.2, -0.15) is 0 Å². The predicted octanol–water partition coefficient (Wildman–Crippen LogP) is 4.83. The lowest BCUT2D eigenvalue weighted by molar-refractivity contribution is -0.384. The van der Waals surface area contributed by atoms with Crippen molar-refractivity contribution in [1.82, 2.24) is 4.90 Å². The third-order valence-electron chi connectivity index (χ3n) is 5.96. The topological polar surface area (TPSA) is 91.1 Å². The number of rotatable bonds is 8. The third kappa shape index (κ3) is 5.43. The van der Waals surface area contributed by atoms with Gasteiger partial charge in [0.2, 0.25) is 5.91 Å². The fraction of sp³-hybridized carbons (Fsp3) is 0.222. The fourth-order valence-electron chi connectivity index (χ4n) is 4.14. The van der Waals surface area contributed by atoms with E-state index in [0.29, 0.717) is 30.2 Å². The van der Waals surface area contributed by atoms with Crippen molar-refractivity contribution in [3.8, 4) is 17.2 Å². The summed E-state index contributed by atoms with van der Waals surface area (Å²) in [5.41, 5.74) is 2.89. The summed E-state index contributed by atoms with van der Waals surface area (Å²) in [6, 6.07) is 19.0. The normalized spacial score (nSPS) is 14.9. The first-order chi connectivity index (χ1) is 17.0. The Bertz CT molecular complexity index is 1220. The van der Waals surface area contributed by atoms with Crippen LogP contribution in [-0.2, 0) is 11.2 Å². The summed E-state index contributed by atoms with van der Waals surface area (Å²) in [5.74, 6) is 1.55. The minimum Gasteiger partial charge on any atom is -0.493 e. The van der Waals surface area contributed by atoms with Gasteiger partial charge in [0.1, 0.15) is 12.4 Å². The van der Waals surface area contributed by atoms with Crippen LogP contribution in [0.25, 0.3) is 6.08 Å². The molecule has 3 aromatic rings. The molecule has 1 atom stereocenters. The van der Waals surface area contributed by atoms with Crippen LogP contribution in [0, 0.1) is 10.1 Å². The van der Waals surface area contributed by atoms with E-state index in [1.807, 2.05) is 42.5 Å². The Morgan fingerprint density at radius 2 is 1.74 bits per heavy atom. The van der Waals surface area contributed by atoms with Gasteiger partial charge in [0.25, 0.3) is 5.69 Å². The van der Waals surface area contributed by atoms with E-state index >= 15 is 0 Å². The van der Waals surface area contributed by atoms with Crippen LogP contribution in [0.5, 0.6) is 17.2 Å². The molecule has 0 bridgehead atoms. The van der Waals surface area contributed by atoms with Gasteiger partial charge < -0.3 is 19.1 Å². The molecule has 0 saturated heterocycles. The minimum absolute atomic E-state index is 0.0138. The van der Waals surface area contributed by atoms with Crippen molar-refractivity contribution in [3.63, 3.8) is 0 Å². The molecule has 0 aliphatic carbocycles. The van der Waals surface area contributed by atoms with Gasteiger partial charge in [-0.25, -0.2) is 0 Å². The number of nitro benzene ring substituents is 1. The largest absolute Gasteiger partial charge is 0.493 e. The molecule has 4 rings (SSSR count). The number of non-ortho nitro benzene ring substituents is 1. The molecule has 0 radical (unpaired) electrons. The van der Waals surface area contributed by atoms with E-state index < -0.39 is 4.92 Å². The molecule has 8 nitrogen and oxygen atoms in total. The Balaban J connectivity index is 1.63. The second-order valence-electron chi connectivity index (χ2n) is 8.01. The van der Waals surface area contributed by atoms with Gasteiger partial charge in [0.15, 0.2) is 11.5 Å². The summed E-state index contributed by atoms with van der Waals surface area (Å²) in [4.78, 5) is 25.5. The smallest absolute Gasteiger partial charge is 0.269 e. The zero-order valence-corrected chi connectivity index (χ0v) is 19.5. The monoisotopic (exact) mass is 474 g/mol. The quantitative estimate of drug-likeness (QED) is 0.264. The van der Waals surface area contributed by atoms with E-state index in [2.05, 4.69) is 0 Å². The number of carbonyl (C=O) groups is 1. The number of amides is 1. The third-order valence-corrected chi connectivity index (χ3v) is 5.96. The maximum atomic E-state index is 13.3. The molecule has 1 aliphatic heterocycles. The molecule has 0 saturated carbocycles. The zero-order chi connectivity index (χ0) is 24.8. The molecule has 1 aliphatic rings. The number of nitrogens with zero attached hydrogens (tertiary/aromatic N) is 2. The number of hydrogen-bond donors (Lipinski definition) is 0. The van der Waals surface area contributed by atoms with E-state index in [9.17, 15) is 14.9 Å². The molecule has 1 amide bonds. The van der Waals surface area contributed by atoms with Gasteiger partial charge in [-0.15, -0.1) is 0 Å². The summed E-state index contributed by atoms with van der Waals surface area (Å²) in [6.45, 7) is 0.681.